The highest BCUT2D eigenvalue weighted by Gasteiger charge is 2.10. The van der Waals surface area contributed by atoms with Crippen molar-refractivity contribution in [3.8, 4) is 0 Å². The number of fused-ring (bicyclic) bond motifs is 1. The quantitative estimate of drug-likeness (QED) is 0.629. The number of allylic oxidation sites excluding steroid dienone is 1. The van der Waals surface area contributed by atoms with E-state index < -0.39 is 0 Å². The highest BCUT2D eigenvalue weighted by atomic mass is 32.1. The van der Waals surface area contributed by atoms with Crippen LogP contribution in [0.5, 0.6) is 0 Å². The Morgan fingerprint density at radius 3 is 3.10 bits per heavy atom. The smallest absolute Gasteiger partial charge is 0.275 e. The van der Waals surface area contributed by atoms with Gasteiger partial charge < -0.3 is 5.32 Å². The van der Waals surface area contributed by atoms with Crippen molar-refractivity contribution in [2.24, 2.45) is 0 Å². The molecular weight excluding hydrogens is 272 g/mol. The molecule has 0 amide bonds. The first-order chi connectivity index (χ1) is 9.63. The van der Waals surface area contributed by atoms with Gasteiger partial charge in [-0.2, -0.15) is 4.52 Å². The molecule has 0 fully saturated rings. The summed E-state index contributed by atoms with van der Waals surface area (Å²) in [6.07, 6.45) is 5.85. The predicted molar refractivity (Wildman–Crippen MR) is 83.6 cm³/mol. The number of aryl methyl sites for hydroxylation is 1. The van der Waals surface area contributed by atoms with Crippen LogP contribution in [0.1, 0.15) is 38.8 Å². The molecule has 1 atom stereocenters. The summed E-state index contributed by atoms with van der Waals surface area (Å²) in [5.41, 5.74) is 0.694. The van der Waals surface area contributed by atoms with Crippen LogP contribution >= 0.6 is 11.3 Å². The SMILES string of the molecule is C=CCCCC(C)Nc1nn2c(=O)cc(CC)nc2s1. The minimum absolute atomic E-state index is 0.115. The largest absolute Gasteiger partial charge is 0.358 e. The van der Waals surface area contributed by atoms with Crippen molar-refractivity contribution in [2.45, 2.75) is 45.6 Å². The van der Waals surface area contributed by atoms with Crippen LogP contribution in [-0.4, -0.2) is 20.6 Å². The van der Waals surface area contributed by atoms with Gasteiger partial charge in [0, 0.05) is 17.8 Å². The molecule has 0 aromatic carbocycles. The topological polar surface area (TPSA) is 59.3 Å². The van der Waals surface area contributed by atoms with Crippen LogP contribution in [0.2, 0.25) is 0 Å². The standard InChI is InChI=1S/C14H20N4OS/c1-4-6-7-8-10(3)15-13-17-18-12(19)9-11(5-2)16-14(18)20-13/h4,9-10H,1,5-8H2,2-3H3,(H,15,17). The molecule has 0 saturated heterocycles. The zero-order valence-corrected chi connectivity index (χ0v) is 12.7. The summed E-state index contributed by atoms with van der Waals surface area (Å²) in [4.78, 5) is 17.0. The summed E-state index contributed by atoms with van der Waals surface area (Å²) < 4.78 is 1.36. The van der Waals surface area contributed by atoms with Gasteiger partial charge in [0.2, 0.25) is 10.1 Å². The summed E-state index contributed by atoms with van der Waals surface area (Å²) in [5, 5.41) is 8.36. The van der Waals surface area contributed by atoms with Crippen molar-refractivity contribution in [2.75, 3.05) is 5.32 Å². The summed E-state index contributed by atoms with van der Waals surface area (Å²) in [6.45, 7) is 7.82. The van der Waals surface area contributed by atoms with Gasteiger partial charge in [-0.3, -0.25) is 4.79 Å². The summed E-state index contributed by atoms with van der Waals surface area (Å²) in [5.74, 6) is 0. The average molecular weight is 292 g/mol. The zero-order chi connectivity index (χ0) is 14.5. The lowest BCUT2D eigenvalue weighted by Gasteiger charge is -2.10. The van der Waals surface area contributed by atoms with E-state index in [0.29, 0.717) is 11.0 Å². The highest BCUT2D eigenvalue weighted by molar-refractivity contribution is 7.20. The first kappa shape index (κ1) is 14.7. The van der Waals surface area contributed by atoms with Crippen LogP contribution in [0.15, 0.2) is 23.5 Å². The molecule has 1 N–H and O–H groups in total. The molecular formula is C14H20N4OS. The normalized spacial score (nSPS) is 12.5. The highest BCUT2D eigenvalue weighted by Crippen LogP contribution is 2.18. The van der Waals surface area contributed by atoms with E-state index in [0.717, 1.165) is 36.5 Å². The van der Waals surface area contributed by atoms with E-state index in [9.17, 15) is 4.79 Å². The fourth-order valence-electron chi connectivity index (χ4n) is 1.95. The van der Waals surface area contributed by atoms with Gasteiger partial charge >= 0.3 is 0 Å². The molecule has 20 heavy (non-hydrogen) atoms. The molecule has 0 aliphatic carbocycles. The van der Waals surface area contributed by atoms with Gasteiger partial charge in [0.15, 0.2) is 0 Å². The van der Waals surface area contributed by atoms with Gasteiger partial charge in [0.05, 0.1) is 0 Å². The van der Waals surface area contributed by atoms with Gasteiger partial charge in [0.1, 0.15) is 0 Å². The second kappa shape index (κ2) is 6.65. The second-order valence-corrected chi connectivity index (χ2v) is 5.76. The fourth-order valence-corrected chi connectivity index (χ4v) is 2.88. The van der Waals surface area contributed by atoms with Crippen LogP contribution in [0.3, 0.4) is 0 Å². The molecule has 108 valence electrons. The Kier molecular flexibility index (Phi) is 4.89. The molecule has 2 heterocycles. The Balaban J connectivity index is 2.13. The molecule has 0 aliphatic heterocycles. The molecule has 0 radical (unpaired) electrons. The van der Waals surface area contributed by atoms with E-state index in [1.165, 1.54) is 15.9 Å². The third-order valence-electron chi connectivity index (χ3n) is 3.08. The Bertz CT molecular complexity index is 646. The number of anilines is 1. The lowest BCUT2D eigenvalue weighted by molar-refractivity contribution is 0.660. The van der Waals surface area contributed by atoms with Crippen molar-refractivity contribution in [3.63, 3.8) is 0 Å². The molecule has 1 unspecified atom stereocenters. The van der Waals surface area contributed by atoms with E-state index >= 15 is 0 Å². The van der Waals surface area contributed by atoms with Crippen molar-refractivity contribution < 1.29 is 0 Å². The van der Waals surface area contributed by atoms with Crippen molar-refractivity contribution >= 4 is 21.4 Å². The molecule has 0 aliphatic rings. The van der Waals surface area contributed by atoms with E-state index in [2.05, 4.69) is 28.9 Å². The second-order valence-electron chi connectivity index (χ2n) is 4.81. The number of aromatic nitrogens is 3. The van der Waals surface area contributed by atoms with E-state index in [-0.39, 0.29) is 5.56 Å². The lowest BCUT2D eigenvalue weighted by Crippen LogP contribution is -2.17. The van der Waals surface area contributed by atoms with Crippen LogP contribution < -0.4 is 10.9 Å². The maximum atomic E-state index is 11.9. The molecule has 0 bridgehead atoms. The first-order valence-corrected chi connectivity index (χ1v) is 7.73. The van der Waals surface area contributed by atoms with Crippen LogP contribution in [0, 0.1) is 0 Å². The minimum Gasteiger partial charge on any atom is -0.358 e. The fraction of sp³-hybridized carbons (Fsp3) is 0.500. The van der Waals surface area contributed by atoms with Crippen LogP contribution in [0.4, 0.5) is 5.13 Å². The van der Waals surface area contributed by atoms with E-state index in [1.807, 2.05) is 13.0 Å². The maximum absolute atomic E-state index is 11.9. The number of nitrogens with zero attached hydrogens (tertiary/aromatic N) is 3. The van der Waals surface area contributed by atoms with E-state index in [1.54, 1.807) is 6.07 Å². The molecule has 5 nitrogen and oxygen atoms in total. The average Bonchev–Trinajstić information content (AvgIpc) is 2.81. The first-order valence-electron chi connectivity index (χ1n) is 6.91. The van der Waals surface area contributed by atoms with Crippen molar-refractivity contribution in [3.05, 3.63) is 34.8 Å². The Labute approximate surface area is 122 Å². The number of unbranched alkanes of at least 4 members (excludes halogenated alkanes) is 1. The number of hydrogen-bond donors (Lipinski definition) is 1. The van der Waals surface area contributed by atoms with Gasteiger partial charge in [0.25, 0.3) is 5.56 Å². The Morgan fingerprint density at radius 2 is 2.40 bits per heavy atom. The molecule has 2 aromatic rings. The monoisotopic (exact) mass is 292 g/mol. The molecule has 0 saturated carbocycles. The minimum atomic E-state index is -0.115. The van der Waals surface area contributed by atoms with Gasteiger partial charge in [-0.1, -0.05) is 24.3 Å². The third kappa shape index (κ3) is 3.45. The Morgan fingerprint density at radius 1 is 1.60 bits per heavy atom. The third-order valence-corrected chi connectivity index (χ3v) is 3.92. The zero-order valence-electron chi connectivity index (χ0n) is 11.9. The summed E-state index contributed by atoms with van der Waals surface area (Å²) in [6, 6.07) is 1.86. The number of hydrogen-bond acceptors (Lipinski definition) is 5. The van der Waals surface area contributed by atoms with Gasteiger partial charge in [-0.25, -0.2) is 4.98 Å². The lowest BCUT2D eigenvalue weighted by atomic mass is 10.1. The van der Waals surface area contributed by atoms with Crippen molar-refractivity contribution in [1.29, 1.82) is 0 Å². The Hall–Kier alpha value is -1.69. The van der Waals surface area contributed by atoms with Gasteiger partial charge in [-0.15, -0.1) is 11.7 Å². The van der Waals surface area contributed by atoms with Crippen LogP contribution in [0.25, 0.3) is 4.96 Å². The number of rotatable bonds is 7. The summed E-state index contributed by atoms with van der Waals surface area (Å²) >= 11 is 1.42. The van der Waals surface area contributed by atoms with Gasteiger partial charge in [-0.05, 0) is 32.6 Å². The maximum Gasteiger partial charge on any atom is 0.275 e. The molecule has 2 rings (SSSR count). The number of nitrogens with one attached hydrogen (secondary N) is 1. The van der Waals surface area contributed by atoms with Crippen molar-refractivity contribution in [1.82, 2.24) is 14.6 Å². The molecule has 2 aromatic heterocycles. The molecule has 0 spiro atoms. The predicted octanol–water partition coefficient (Wildman–Crippen LogP) is 2.87. The van der Waals surface area contributed by atoms with Crippen LogP contribution in [-0.2, 0) is 6.42 Å². The molecule has 6 heteroatoms. The van der Waals surface area contributed by atoms with E-state index in [4.69, 9.17) is 0 Å². The summed E-state index contributed by atoms with van der Waals surface area (Å²) in [7, 11) is 0.